The second-order valence-electron chi connectivity index (χ2n) is 4.04. The minimum absolute atomic E-state index is 0.216. The van der Waals surface area contributed by atoms with Crippen molar-refractivity contribution in [3.63, 3.8) is 0 Å². The largest absolute Gasteiger partial charge is 0.474 e. The van der Waals surface area contributed by atoms with Crippen LogP contribution in [0.4, 0.5) is 5.82 Å². The Morgan fingerprint density at radius 2 is 2.18 bits per heavy atom. The first-order valence-corrected chi connectivity index (χ1v) is 6.12. The summed E-state index contributed by atoms with van der Waals surface area (Å²) in [7, 11) is 1.85. The van der Waals surface area contributed by atoms with Crippen molar-refractivity contribution in [1.82, 2.24) is 9.97 Å². The van der Waals surface area contributed by atoms with Crippen LogP contribution in [0.5, 0.6) is 5.88 Å². The highest BCUT2D eigenvalue weighted by Gasteiger charge is 2.16. The van der Waals surface area contributed by atoms with Crippen molar-refractivity contribution in [3.8, 4) is 5.88 Å². The van der Waals surface area contributed by atoms with Crippen LogP contribution in [-0.2, 0) is 11.2 Å². The maximum Gasteiger partial charge on any atom is 0.219 e. The SMILES string of the molecule is CCc1nc(NC)cc(OC2CCOCC2)n1. The van der Waals surface area contributed by atoms with Gasteiger partial charge < -0.3 is 14.8 Å². The topological polar surface area (TPSA) is 56.3 Å². The second kappa shape index (κ2) is 5.82. The summed E-state index contributed by atoms with van der Waals surface area (Å²) >= 11 is 0. The van der Waals surface area contributed by atoms with Crippen molar-refractivity contribution in [3.05, 3.63) is 11.9 Å². The van der Waals surface area contributed by atoms with Gasteiger partial charge in [0.05, 0.1) is 13.2 Å². The fourth-order valence-electron chi connectivity index (χ4n) is 1.78. The van der Waals surface area contributed by atoms with Gasteiger partial charge in [0.2, 0.25) is 5.88 Å². The van der Waals surface area contributed by atoms with Crippen molar-refractivity contribution < 1.29 is 9.47 Å². The van der Waals surface area contributed by atoms with Crippen LogP contribution in [0.3, 0.4) is 0 Å². The van der Waals surface area contributed by atoms with Gasteiger partial charge in [-0.2, -0.15) is 4.98 Å². The molecule has 0 radical (unpaired) electrons. The van der Waals surface area contributed by atoms with Crippen LogP contribution < -0.4 is 10.1 Å². The van der Waals surface area contributed by atoms with Crippen molar-refractivity contribution in [2.24, 2.45) is 0 Å². The van der Waals surface area contributed by atoms with Crippen molar-refractivity contribution in [1.29, 1.82) is 0 Å². The Labute approximate surface area is 102 Å². The van der Waals surface area contributed by atoms with Gasteiger partial charge in [0, 0.05) is 32.4 Å². The van der Waals surface area contributed by atoms with E-state index in [4.69, 9.17) is 9.47 Å². The Morgan fingerprint density at radius 1 is 1.41 bits per heavy atom. The standard InChI is InChI=1S/C12H19N3O2/c1-3-10-14-11(13-2)8-12(15-10)17-9-4-6-16-7-5-9/h8-9H,3-7H2,1-2H3,(H,13,14,15). The van der Waals surface area contributed by atoms with Gasteiger partial charge in [0.15, 0.2) is 0 Å². The zero-order valence-electron chi connectivity index (χ0n) is 10.4. The van der Waals surface area contributed by atoms with E-state index in [1.54, 1.807) is 0 Å². The summed E-state index contributed by atoms with van der Waals surface area (Å²) in [5.41, 5.74) is 0. The minimum atomic E-state index is 0.216. The predicted molar refractivity (Wildman–Crippen MR) is 65.4 cm³/mol. The molecule has 0 atom stereocenters. The number of aryl methyl sites for hydroxylation is 1. The van der Waals surface area contributed by atoms with E-state index in [0.29, 0.717) is 5.88 Å². The molecule has 0 spiro atoms. The number of ether oxygens (including phenoxy) is 2. The number of anilines is 1. The summed E-state index contributed by atoms with van der Waals surface area (Å²) in [5.74, 6) is 2.27. The van der Waals surface area contributed by atoms with E-state index < -0.39 is 0 Å². The Kier molecular flexibility index (Phi) is 4.14. The molecular formula is C12H19N3O2. The van der Waals surface area contributed by atoms with Crippen LogP contribution in [-0.4, -0.2) is 36.3 Å². The highest BCUT2D eigenvalue weighted by atomic mass is 16.5. The third-order valence-corrected chi connectivity index (χ3v) is 2.78. The predicted octanol–water partition coefficient (Wildman–Crippen LogP) is 1.64. The molecule has 1 saturated heterocycles. The maximum absolute atomic E-state index is 5.87. The minimum Gasteiger partial charge on any atom is -0.474 e. The van der Waals surface area contributed by atoms with Gasteiger partial charge in [-0.15, -0.1) is 0 Å². The van der Waals surface area contributed by atoms with Gasteiger partial charge >= 0.3 is 0 Å². The summed E-state index contributed by atoms with van der Waals surface area (Å²) in [6.07, 6.45) is 2.88. The molecule has 0 bridgehead atoms. The number of hydrogen-bond acceptors (Lipinski definition) is 5. The van der Waals surface area contributed by atoms with E-state index >= 15 is 0 Å². The van der Waals surface area contributed by atoms with Gasteiger partial charge in [-0.05, 0) is 0 Å². The van der Waals surface area contributed by atoms with Crippen molar-refractivity contribution in [2.75, 3.05) is 25.6 Å². The number of nitrogens with one attached hydrogen (secondary N) is 1. The van der Waals surface area contributed by atoms with Gasteiger partial charge in [0.25, 0.3) is 0 Å². The molecule has 1 N–H and O–H groups in total. The summed E-state index contributed by atoms with van der Waals surface area (Å²) in [5, 5.41) is 3.02. The molecular weight excluding hydrogens is 218 g/mol. The van der Waals surface area contributed by atoms with E-state index in [-0.39, 0.29) is 6.10 Å². The fourth-order valence-corrected chi connectivity index (χ4v) is 1.78. The fraction of sp³-hybridized carbons (Fsp3) is 0.667. The summed E-state index contributed by atoms with van der Waals surface area (Å²) in [6, 6.07) is 1.84. The quantitative estimate of drug-likeness (QED) is 0.862. The zero-order valence-corrected chi connectivity index (χ0v) is 10.4. The van der Waals surface area contributed by atoms with Gasteiger partial charge in [-0.3, -0.25) is 0 Å². The average molecular weight is 237 g/mol. The van der Waals surface area contributed by atoms with Crippen LogP contribution >= 0.6 is 0 Å². The van der Waals surface area contributed by atoms with E-state index in [2.05, 4.69) is 15.3 Å². The van der Waals surface area contributed by atoms with Gasteiger partial charge in [-0.1, -0.05) is 6.92 Å². The molecule has 1 aromatic heterocycles. The Bertz CT molecular complexity index is 343. The Hall–Kier alpha value is -1.36. The van der Waals surface area contributed by atoms with Gasteiger partial charge in [0.1, 0.15) is 17.7 Å². The van der Waals surface area contributed by atoms with E-state index in [1.807, 2.05) is 20.0 Å². The zero-order chi connectivity index (χ0) is 12.1. The highest BCUT2D eigenvalue weighted by molar-refractivity contribution is 5.37. The summed E-state index contributed by atoms with van der Waals surface area (Å²) in [4.78, 5) is 8.72. The molecule has 1 aromatic rings. The molecule has 1 aliphatic rings. The van der Waals surface area contributed by atoms with Crippen LogP contribution in [0, 0.1) is 0 Å². The first-order chi connectivity index (χ1) is 8.31. The molecule has 94 valence electrons. The number of rotatable bonds is 4. The van der Waals surface area contributed by atoms with E-state index in [1.165, 1.54) is 0 Å². The molecule has 0 amide bonds. The average Bonchev–Trinajstić information content (AvgIpc) is 2.39. The van der Waals surface area contributed by atoms with E-state index in [9.17, 15) is 0 Å². The van der Waals surface area contributed by atoms with Crippen LogP contribution in [0.25, 0.3) is 0 Å². The van der Waals surface area contributed by atoms with Gasteiger partial charge in [-0.25, -0.2) is 4.98 Å². The first-order valence-electron chi connectivity index (χ1n) is 6.12. The third-order valence-electron chi connectivity index (χ3n) is 2.78. The lowest BCUT2D eigenvalue weighted by Gasteiger charge is -2.23. The lowest BCUT2D eigenvalue weighted by molar-refractivity contribution is 0.0236. The maximum atomic E-state index is 5.87. The molecule has 0 saturated carbocycles. The third kappa shape index (κ3) is 3.30. The number of hydrogen-bond donors (Lipinski definition) is 1. The molecule has 1 aliphatic heterocycles. The smallest absolute Gasteiger partial charge is 0.219 e. The van der Waals surface area contributed by atoms with Crippen molar-refractivity contribution >= 4 is 5.82 Å². The highest BCUT2D eigenvalue weighted by Crippen LogP contribution is 2.18. The summed E-state index contributed by atoms with van der Waals surface area (Å²) in [6.45, 7) is 3.58. The second-order valence-corrected chi connectivity index (χ2v) is 4.04. The van der Waals surface area contributed by atoms with Crippen molar-refractivity contribution in [2.45, 2.75) is 32.3 Å². The molecule has 1 fully saturated rings. The monoisotopic (exact) mass is 237 g/mol. The van der Waals surface area contributed by atoms with Crippen LogP contribution in [0.15, 0.2) is 6.07 Å². The van der Waals surface area contributed by atoms with E-state index in [0.717, 1.165) is 44.1 Å². The Balaban J connectivity index is 2.07. The molecule has 0 unspecified atom stereocenters. The lowest BCUT2D eigenvalue weighted by atomic mass is 10.1. The Morgan fingerprint density at radius 3 is 2.82 bits per heavy atom. The molecule has 2 rings (SSSR count). The number of aromatic nitrogens is 2. The number of nitrogens with zero attached hydrogens (tertiary/aromatic N) is 2. The summed E-state index contributed by atoms with van der Waals surface area (Å²) < 4.78 is 11.2. The molecule has 17 heavy (non-hydrogen) atoms. The van der Waals surface area contributed by atoms with Crippen LogP contribution in [0.2, 0.25) is 0 Å². The molecule has 5 nitrogen and oxygen atoms in total. The van der Waals surface area contributed by atoms with Crippen LogP contribution in [0.1, 0.15) is 25.6 Å². The molecule has 5 heteroatoms. The molecule has 2 heterocycles. The molecule has 0 aliphatic carbocycles. The molecule has 0 aromatic carbocycles. The lowest BCUT2D eigenvalue weighted by Crippen LogP contribution is -2.26. The normalized spacial score (nSPS) is 16.8. The first kappa shape index (κ1) is 12.1.